The predicted octanol–water partition coefficient (Wildman–Crippen LogP) is 4.08. The molecule has 0 saturated carbocycles. The number of hydrogen-bond donors (Lipinski definition) is 2. The van der Waals surface area contributed by atoms with Gasteiger partial charge in [0.15, 0.2) is 0 Å². The van der Waals surface area contributed by atoms with E-state index in [0.717, 1.165) is 0 Å². The van der Waals surface area contributed by atoms with Crippen LogP contribution >= 0.6 is 23.2 Å². The second-order valence-corrected chi connectivity index (χ2v) is 8.21. The second-order valence-electron chi connectivity index (χ2n) is 7.34. The standard InChI is InChI=1S/2C10H10ClFN2O/c2*1-10(5-15-9(13)14-10)6-2-7(11)4-8(12)3-6/h2*2-4H,5H2,1H3,(H2,13,14)/t10-;/m1./s1. The summed E-state index contributed by atoms with van der Waals surface area (Å²) in [6, 6.07) is 8.84. The van der Waals surface area contributed by atoms with Gasteiger partial charge in [0.05, 0.1) is 0 Å². The first kappa shape index (κ1) is 22.1. The van der Waals surface area contributed by atoms with Crippen LogP contribution in [-0.4, -0.2) is 25.3 Å². The summed E-state index contributed by atoms with van der Waals surface area (Å²) in [5.41, 5.74) is 10.9. The minimum absolute atomic E-state index is 0.123. The molecule has 30 heavy (non-hydrogen) atoms. The zero-order valence-corrected chi connectivity index (χ0v) is 17.8. The quantitative estimate of drug-likeness (QED) is 0.711. The molecular weight excluding hydrogens is 437 g/mol. The number of nitrogens with two attached hydrogens (primary N) is 2. The molecule has 10 heteroatoms. The SMILES string of the molecule is CC1(c2cc(F)cc(Cl)c2)COC(N)=N1.C[C@]1(c2cc(F)cc(Cl)c2)COC(N)=N1. The van der Waals surface area contributed by atoms with Crippen LogP contribution in [0.3, 0.4) is 0 Å². The van der Waals surface area contributed by atoms with Crippen molar-refractivity contribution in [2.24, 2.45) is 21.5 Å². The molecule has 160 valence electrons. The van der Waals surface area contributed by atoms with Gasteiger partial charge in [-0.25, -0.2) is 18.8 Å². The fourth-order valence-electron chi connectivity index (χ4n) is 3.07. The van der Waals surface area contributed by atoms with Crippen molar-refractivity contribution in [3.63, 3.8) is 0 Å². The lowest BCUT2D eigenvalue weighted by Crippen LogP contribution is -2.20. The maximum absolute atomic E-state index is 13.1. The monoisotopic (exact) mass is 456 g/mol. The van der Waals surface area contributed by atoms with E-state index in [1.54, 1.807) is 12.1 Å². The Balaban J connectivity index is 0.000000171. The lowest BCUT2D eigenvalue weighted by molar-refractivity contribution is 0.266. The van der Waals surface area contributed by atoms with E-state index in [-0.39, 0.29) is 23.7 Å². The molecule has 1 unspecified atom stereocenters. The topological polar surface area (TPSA) is 95.2 Å². The first-order valence-corrected chi connectivity index (χ1v) is 9.64. The molecule has 6 nitrogen and oxygen atoms in total. The number of aliphatic imine (C=N–C) groups is 2. The summed E-state index contributed by atoms with van der Waals surface area (Å²) in [6.07, 6.45) is 0. The molecule has 0 fully saturated rings. The van der Waals surface area contributed by atoms with E-state index >= 15 is 0 Å². The van der Waals surface area contributed by atoms with E-state index in [1.807, 2.05) is 13.8 Å². The third-order valence-corrected chi connectivity index (χ3v) is 5.12. The first-order chi connectivity index (χ1) is 14.0. The average Bonchev–Trinajstić information content (AvgIpc) is 3.17. The highest BCUT2D eigenvalue weighted by Crippen LogP contribution is 2.32. The summed E-state index contributed by atoms with van der Waals surface area (Å²) < 4.78 is 36.4. The minimum Gasteiger partial charge on any atom is -0.462 e. The van der Waals surface area contributed by atoms with E-state index in [2.05, 4.69) is 9.98 Å². The fraction of sp³-hybridized carbons (Fsp3) is 0.300. The van der Waals surface area contributed by atoms with E-state index in [9.17, 15) is 8.78 Å². The number of benzene rings is 2. The number of rotatable bonds is 2. The van der Waals surface area contributed by atoms with Gasteiger partial charge in [-0.05, 0) is 61.4 Å². The Morgan fingerprint density at radius 3 is 1.40 bits per heavy atom. The zero-order valence-electron chi connectivity index (χ0n) is 16.3. The van der Waals surface area contributed by atoms with Crippen molar-refractivity contribution in [3.05, 3.63) is 69.2 Å². The number of ether oxygens (including phenoxy) is 2. The highest BCUT2D eigenvalue weighted by molar-refractivity contribution is 6.30. The van der Waals surface area contributed by atoms with Gasteiger partial charge in [-0.3, -0.25) is 0 Å². The molecule has 2 aromatic carbocycles. The van der Waals surface area contributed by atoms with Crippen molar-refractivity contribution in [2.45, 2.75) is 24.9 Å². The van der Waals surface area contributed by atoms with Crippen molar-refractivity contribution in [1.82, 2.24) is 0 Å². The van der Waals surface area contributed by atoms with Crippen LogP contribution in [0.5, 0.6) is 0 Å². The summed E-state index contributed by atoms with van der Waals surface area (Å²) in [5, 5.41) is 0.679. The Morgan fingerprint density at radius 1 is 0.767 bits per heavy atom. The molecule has 0 aliphatic carbocycles. The molecule has 2 heterocycles. The van der Waals surface area contributed by atoms with Gasteiger partial charge in [0.2, 0.25) is 0 Å². The molecule has 0 radical (unpaired) electrons. The van der Waals surface area contributed by atoms with Crippen LogP contribution in [-0.2, 0) is 20.6 Å². The predicted molar refractivity (Wildman–Crippen MR) is 113 cm³/mol. The molecule has 4 N–H and O–H groups in total. The smallest absolute Gasteiger partial charge is 0.283 e. The maximum atomic E-state index is 13.1. The van der Waals surface area contributed by atoms with Crippen LogP contribution in [0, 0.1) is 11.6 Å². The Labute approximate surface area is 182 Å². The highest BCUT2D eigenvalue weighted by atomic mass is 35.5. The highest BCUT2D eigenvalue weighted by Gasteiger charge is 2.34. The van der Waals surface area contributed by atoms with Crippen molar-refractivity contribution < 1.29 is 18.3 Å². The van der Waals surface area contributed by atoms with Crippen molar-refractivity contribution in [1.29, 1.82) is 0 Å². The number of halogens is 4. The maximum Gasteiger partial charge on any atom is 0.283 e. The van der Waals surface area contributed by atoms with Gasteiger partial charge in [0, 0.05) is 10.0 Å². The van der Waals surface area contributed by atoms with Crippen LogP contribution in [0.4, 0.5) is 8.78 Å². The molecule has 2 aliphatic rings. The van der Waals surface area contributed by atoms with E-state index in [4.69, 9.17) is 44.1 Å². The van der Waals surface area contributed by atoms with Gasteiger partial charge >= 0.3 is 0 Å². The summed E-state index contributed by atoms with van der Waals surface area (Å²) in [5.74, 6) is -0.779. The van der Waals surface area contributed by atoms with Crippen LogP contribution in [0.15, 0.2) is 46.4 Å². The first-order valence-electron chi connectivity index (χ1n) is 8.88. The van der Waals surface area contributed by atoms with Crippen LogP contribution < -0.4 is 11.5 Å². The van der Waals surface area contributed by atoms with E-state index in [1.165, 1.54) is 24.3 Å². The second kappa shape index (κ2) is 8.28. The Bertz CT molecular complexity index is 912. The fourth-order valence-corrected chi connectivity index (χ4v) is 3.51. The van der Waals surface area contributed by atoms with Crippen molar-refractivity contribution >= 4 is 35.2 Å². The van der Waals surface area contributed by atoms with Gasteiger partial charge in [0.1, 0.15) is 35.9 Å². The van der Waals surface area contributed by atoms with Crippen LogP contribution in [0.25, 0.3) is 0 Å². The zero-order chi connectivity index (χ0) is 22.1. The van der Waals surface area contributed by atoms with Gasteiger partial charge in [-0.15, -0.1) is 0 Å². The van der Waals surface area contributed by atoms with Gasteiger partial charge in [-0.2, -0.15) is 0 Å². The molecule has 0 bridgehead atoms. The Morgan fingerprint density at radius 2 is 1.13 bits per heavy atom. The average molecular weight is 457 g/mol. The molecule has 0 saturated heterocycles. The molecule has 2 atom stereocenters. The van der Waals surface area contributed by atoms with Crippen molar-refractivity contribution in [3.8, 4) is 0 Å². The summed E-state index contributed by atoms with van der Waals surface area (Å²) >= 11 is 11.5. The Kier molecular flexibility index (Phi) is 6.10. The third-order valence-electron chi connectivity index (χ3n) is 4.69. The van der Waals surface area contributed by atoms with Crippen molar-refractivity contribution in [2.75, 3.05) is 13.2 Å². The molecule has 2 aliphatic heterocycles. The lowest BCUT2D eigenvalue weighted by atomic mass is 9.94. The number of nitrogens with zero attached hydrogens (tertiary/aromatic N) is 2. The number of hydrogen-bond acceptors (Lipinski definition) is 6. The van der Waals surface area contributed by atoms with E-state index in [0.29, 0.717) is 34.4 Å². The molecule has 2 aromatic rings. The molecular formula is C20H20Cl2F2N4O2. The van der Waals surface area contributed by atoms with Gasteiger partial charge in [-0.1, -0.05) is 23.2 Å². The lowest BCUT2D eigenvalue weighted by Gasteiger charge is -2.18. The molecule has 0 amide bonds. The third kappa shape index (κ3) is 4.94. The largest absolute Gasteiger partial charge is 0.462 e. The summed E-state index contributed by atoms with van der Waals surface area (Å²) in [7, 11) is 0. The molecule has 0 aromatic heterocycles. The summed E-state index contributed by atoms with van der Waals surface area (Å²) in [6.45, 7) is 4.24. The van der Waals surface area contributed by atoms with E-state index < -0.39 is 11.1 Å². The van der Waals surface area contributed by atoms with Crippen LogP contribution in [0.2, 0.25) is 10.0 Å². The normalized spacial score (nSPS) is 24.9. The minimum atomic E-state index is -0.643. The Hall–Kier alpha value is -2.58. The summed E-state index contributed by atoms with van der Waals surface area (Å²) in [4.78, 5) is 8.24. The van der Waals surface area contributed by atoms with Gasteiger partial charge < -0.3 is 20.9 Å². The number of amidine groups is 2. The molecule has 0 spiro atoms. The molecule has 4 rings (SSSR count). The van der Waals surface area contributed by atoms with Gasteiger partial charge in [0.25, 0.3) is 12.0 Å². The van der Waals surface area contributed by atoms with Crippen LogP contribution in [0.1, 0.15) is 25.0 Å².